The van der Waals surface area contributed by atoms with Gasteiger partial charge in [-0.3, -0.25) is 14.5 Å². The topological polar surface area (TPSA) is 119 Å². The van der Waals surface area contributed by atoms with Gasteiger partial charge in [0.15, 0.2) is 5.82 Å². The second kappa shape index (κ2) is 8.62. The zero-order valence-electron chi connectivity index (χ0n) is 18.1. The Hall–Kier alpha value is -4.40. The van der Waals surface area contributed by atoms with Crippen molar-refractivity contribution in [2.24, 2.45) is 0 Å². The molecule has 1 atom stereocenters. The largest absolute Gasteiger partial charge is 0.507 e. The van der Waals surface area contributed by atoms with E-state index in [1.807, 2.05) is 0 Å². The van der Waals surface area contributed by atoms with Crippen LogP contribution >= 0.6 is 0 Å². The highest BCUT2D eigenvalue weighted by molar-refractivity contribution is 6.51. The van der Waals surface area contributed by atoms with E-state index in [4.69, 9.17) is 14.0 Å². The summed E-state index contributed by atoms with van der Waals surface area (Å²) >= 11 is 0. The van der Waals surface area contributed by atoms with Gasteiger partial charge < -0.3 is 19.1 Å². The van der Waals surface area contributed by atoms with E-state index in [1.165, 1.54) is 37.3 Å². The maximum absolute atomic E-state index is 13.1. The van der Waals surface area contributed by atoms with Crippen molar-refractivity contribution in [3.8, 4) is 5.75 Å². The molecule has 0 saturated carbocycles. The molecule has 1 aliphatic heterocycles. The lowest BCUT2D eigenvalue weighted by molar-refractivity contribution is -0.132. The molecule has 9 nitrogen and oxygen atoms in total. The number of hydrogen-bond donors (Lipinski definition) is 1. The number of aliphatic hydroxyl groups excluding tert-OH is 1. The summed E-state index contributed by atoms with van der Waals surface area (Å²) in [6.07, 6.45) is 0. The van der Waals surface area contributed by atoms with Gasteiger partial charge >= 0.3 is 11.9 Å². The summed E-state index contributed by atoms with van der Waals surface area (Å²) in [5.41, 5.74) is 1.00. The highest BCUT2D eigenvalue weighted by atomic mass is 16.5. The first-order chi connectivity index (χ1) is 15.8. The second-order valence-electron chi connectivity index (χ2n) is 7.31. The number of aliphatic hydroxyl groups is 1. The Balaban J connectivity index is 1.88. The number of benzene rings is 2. The van der Waals surface area contributed by atoms with Gasteiger partial charge in [0.25, 0.3) is 5.78 Å². The highest BCUT2D eigenvalue weighted by Crippen LogP contribution is 2.42. The summed E-state index contributed by atoms with van der Waals surface area (Å²) in [6.45, 7) is 1.66. The number of hydrogen-bond acceptors (Lipinski definition) is 8. The fourth-order valence-corrected chi connectivity index (χ4v) is 3.67. The van der Waals surface area contributed by atoms with Gasteiger partial charge in [0.2, 0.25) is 0 Å². The van der Waals surface area contributed by atoms with Crippen molar-refractivity contribution in [2.75, 3.05) is 19.1 Å². The zero-order valence-corrected chi connectivity index (χ0v) is 18.1. The molecule has 168 valence electrons. The number of rotatable bonds is 5. The van der Waals surface area contributed by atoms with Crippen LogP contribution in [0.25, 0.3) is 5.76 Å². The molecule has 3 aromatic rings. The number of amides is 1. The molecule has 1 N–H and O–H groups in total. The fraction of sp³-hybridized carbons (Fsp3) is 0.167. The van der Waals surface area contributed by atoms with Gasteiger partial charge in [-0.1, -0.05) is 17.3 Å². The van der Waals surface area contributed by atoms with Gasteiger partial charge in [0.1, 0.15) is 17.3 Å². The molecule has 1 saturated heterocycles. The minimum absolute atomic E-state index is 0.114. The number of nitrogens with zero attached hydrogens (tertiary/aromatic N) is 2. The third kappa shape index (κ3) is 3.84. The Kier molecular flexibility index (Phi) is 5.70. The van der Waals surface area contributed by atoms with E-state index in [1.54, 1.807) is 43.3 Å². The number of aromatic nitrogens is 1. The molecule has 33 heavy (non-hydrogen) atoms. The number of Topliss-reactive ketones (excluding diaryl/α,β-unsaturated/α-hetero) is 1. The van der Waals surface area contributed by atoms with Crippen LogP contribution in [0.4, 0.5) is 5.82 Å². The summed E-state index contributed by atoms with van der Waals surface area (Å²) < 4.78 is 15.0. The third-order valence-corrected chi connectivity index (χ3v) is 5.32. The lowest BCUT2D eigenvalue weighted by Gasteiger charge is -2.23. The predicted molar refractivity (Wildman–Crippen MR) is 117 cm³/mol. The van der Waals surface area contributed by atoms with E-state index in [2.05, 4.69) is 5.16 Å². The summed E-state index contributed by atoms with van der Waals surface area (Å²) in [5.74, 6) is -1.46. The molecule has 0 bridgehead atoms. The van der Waals surface area contributed by atoms with Gasteiger partial charge in [-0.25, -0.2) is 4.79 Å². The maximum Gasteiger partial charge on any atom is 0.337 e. The van der Waals surface area contributed by atoms with Crippen molar-refractivity contribution in [3.63, 3.8) is 0 Å². The van der Waals surface area contributed by atoms with Gasteiger partial charge in [-0.05, 0) is 48.9 Å². The first-order valence-electron chi connectivity index (χ1n) is 9.92. The Morgan fingerprint density at radius 3 is 2.21 bits per heavy atom. The number of carbonyl (C=O) groups is 3. The minimum Gasteiger partial charge on any atom is -0.507 e. The first kappa shape index (κ1) is 21.8. The normalized spacial score (nSPS) is 17.3. The monoisotopic (exact) mass is 448 g/mol. The van der Waals surface area contributed by atoms with Crippen LogP contribution < -0.4 is 9.64 Å². The molecule has 0 radical (unpaired) electrons. The van der Waals surface area contributed by atoms with E-state index < -0.39 is 23.7 Å². The number of carbonyl (C=O) groups excluding carboxylic acids is 3. The van der Waals surface area contributed by atoms with Gasteiger partial charge in [-0.2, -0.15) is 0 Å². The minimum atomic E-state index is -0.997. The Labute approximate surface area is 188 Å². The van der Waals surface area contributed by atoms with Crippen molar-refractivity contribution in [1.82, 2.24) is 5.16 Å². The van der Waals surface area contributed by atoms with Crippen LogP contribution in [0.3, 0.4) is 0 Å². The molecule has 0 spiro atoms. The Morgan fingerprint density at radius 1 is 1.03 bits per heavy atom. The molecule has 1 aliphatic rings. The molecule has 9 heteroatoms. The smallest absolute Gasteiger partial charge is 0.337 e. The predicted octanol–water partition coefficient (Wildman–Crippen LogP) is 3.40. The van der Waals surface area contributed by atoms with Crippen molar-refractivity contribution in [2.45, 2.75) is 13.0 Å². The standard InChI is InChI=1S/C24H20N2O7/c1-13-12-18(25-33-13)26-20(14-4-6-16(7-5-14)24(30)32-3)19(22(28)23(26)29)21(27)15-8-10-17(31-2)11-9-15/h4-12,20,27H,1-3H3/b21-19+. The molecule has 4 rings (SSSR count). The van der Waals surface area contributed by atoms with E-state index >= 15 is 0 Å². The summed E-state index contributed by atoms with van der Waals surface area (Å²) in [4.78, 5) is 39.1. The maximum atomic E-state index is 13.1. The number of anilines is 1. The van der Waals surface area contributed by atoms with E-state index in [0.29, 0.717) is 28.2 Å². The van der Waals surface area contributed by atoms with Crippen LogP contribution in [0, 0.1) is 6.92 Å². The van der Waals surface area contributed by atoms with Gasteiger partial charge in [0, 0.05) is 11.6 Å². The molecular formula is C24H20N2O7. The Bertz CT molecular complexity index is 1260. The van der Waals surface area contributed by atoms with Crippen molar-refractivity contribution < 1.29 is 33.5 Å². The highest BCUT2D eigenvalue weighted by Gasteiger charge is 2.48. The van der Waals surface area contributed by atoms with E-state index in [9.17, 15) is 19.5 Å². The number of aryl methyl sites for hydroxylation is 1. The van der Waals surface area contributed by atoms with E-state index in [-0.39, 0.29) is 17.2 Å². The SMILES string of the molecule is COC(=O)c1ccc(C2/C(=C(\O)c3ccc(OC)cc3)C(=O)C(=O)N2c2cc(C)on2)cc1. The molecule has 1 amide bonds. The lowest BCUT2D eigenvalue weighted by atomic mass is 9.94. The lowest BCUT2D eigenvalue weighted by Crippen LogP contribution is -2.29. The summed E-state index contributed by atoms with van der Waals surface area (Å²) in [7, 11) is 2.78. The number of esters is 1. The molecule has 2 heterocycles. The van der Waals surface area contributed by atoms with Crippen LogP contribution in [-0.2, 0) is 14.3 Å². The van der Waals surface area contributed by atoms with Crippen LogP contribution in [0.2, 0.25) is 0 Å². The third-order valence-electron chi connectivity index (χ3n) is 5.32. The molecular weight excluding hydrogens is 428 g/mol. The fourth-order valence-electron chi connectivity index (χ4n) is 3.67. The summed E-state index contributed by atoms with van der Waals surface area (Å²) in [5, 5.41) is 15.0. The van der Waals surface area contributed by atoms with Crippen molar-refractivity contribution in [1.29, 1.82) is 0 Å². The van der Waals surface area contributed by atoms with Gasteiger partial charge in [0.05, 0.1) is 31.4 Å². The Morgan fingerprint density at radius 2 is 1.67 bits per heavy atom. The molecule has 1 aromatic heterocycles. The number of methoxy groups -OCH3 is 2. The van der Waals surface area contributed by atoms with Crippen molar-refractivity contribution >= 4 is 29.2 Å². The van der Waals surface area contributed by atoms with Gasteiger partial charge in [-0.15, -0.1) is 0 Å². The van der Waals surface area contributed by atoms with E-state index in [0.717, 1.165) is 0 Å². The van der Waals surface area contributed by atoms with Crippen molar-refractivity contribution in [3.05, 3.63) is 82.6 Å². The zero-order chi connectivity index (χ0) is 23.7. The first-order valence-corrected chi connectivity index (χ1v) is 9.92. The number of ether oxygens (including phenoxy) is 2. The number of ketones is 1. The quantitative estimate of drug-likeness (QED) is 0.273. The summed E-state index contributed by atoms with van der Waals surface area (Å²) in [6, 6.07) is 13.2. The van der Waals surface area contributed by atoms with Crippen LogP contribution in [0.5, 0.6) is 5.75 Å². The van der Waals surface area contributed by atoms with Crippen LogP contribution in [0.1, 0.15) is 33.3 Å². The van der Waals surface area contributed by atoms with Crippen LogP contribution in [-0.4, -0.2) is 42.1 Å². The van der Waals surface area contributed by atoms with Crippen LogP contribution in [0.15, 0.2) is 64.7 Å². The molecule has 1 unspecified atom stereocenters. The molecule has 1 fully saturated rings. The average molecular weight is 448 g/mol. The second-order valence-corrected chi connectivity index (χ2v) is 7.31. The average Bonchev–Trinajstić information content (AvgIpc) is 3.38. The molecule has 0 aliphatic carbocycles. The molecule has 2 aromatic carbocycles.